The van der Waals surface area contributed by atoms with E-state index in [1.165, 1.54) is 18.2 Å². The molecule has 0 fully saturated rings. The maximum absolute atomic E-state index is 10.6. The molecule has 1 N–H and O–H groups in total. The Kier molecular flexibility index (Phi) is 6.64. The van der Waals surface area contributed by atoms with Crippen molar-refractivity contribution in [2.75, 3.05) is 23.9 Å². The van der Waals surface area contributed by atoms with Gasteiger partial charge < -0.3 is 5.32 Å². The molecule has 1 aromatic carbocycles. The summed E-state index contributed by atoms with van der Waals surface area (Å²) in [4.78, 5) is 10.2. The van der Waals surface area contributed by atoms with Crippen molar-refractivity contribution in [3.05, 3.63) is 31.9 Å². The highest BCUT2D eigenvalue weighted by atomic mass is 127. The Morgan fingerprint density at radius 1 is 1.47 bits per heavy atom. The SMILES string of the molecule is CSCCCCNc1ccc([N+](=O)[O-])cc1I. The van der Waals surface area contributed by atoms with E-state index in [4.69, 9.17) is 0 Å². The second-order valence-electron chi connectivity index (χ2n) is 3.55. The fraction of sp³-hybridized carbons (Fsp3) is 0.455. The van der Waals surface area contributed by atoms with Gasteiger partial charge in [0.1, 0.15) is 0 Å². The third kappa shape index (κ3) is 5.12. The van der Waals surface area contributed by atoms with Crippen LogP contribution >= 0.6 is 34.4 Å². The predicted molar refractivity (Wildman–Crippen MR) is 81.9 cm³/mol. The summed E-state index contributed by atoms with van der Waals surface area (Å²) < 4.78 is 0.890. The summed E-state index contributed by atoms with van der Waals surface area (Å²) in [7, 11) is 0. The fourth-order valence-corrected chi connectivity index (χ4v) is 2.54. The maximum atomic E-state index is 10.6. The van der Waals surface area contributed by atoms with E-state index in [1.807, 2.05) is 11.8 Å². The van der Waals surface area contributed by atoms with Crippen molar-refractivity contribution in [1.29, 1.82) is 0 Å². The molecule has 94 valence electrons. The standard InChI is InChI=1S/C11H15IN2O2S/c1-17-7-3-2-6-13-11-5-4-9(14(15)16)8-10(11)12/h4-5,8,13H,2-3,6-7H2,1H3. The van der Waals surface area contributed by atoms with E-state index in [-0.39, 0.29) is 10.6 Å². The van der Waals surface area contributed by atoms with Crippen molar-refractivity contribution in [2.45, 2.75) is 12.8 Å². The molecule has 0 saturated carbocycles. The molecule has 1 rings (SSSR count). The van der Waals surface area contributed by atoms with Crippen LogP contribution in [0.3, 0.4) is 0 Å². The Morgan fingerprint density at radius 2 is 2.24 bits per heavy atom. The molecular weight excluding hydrogens is 351 g/mol. The van der Waals surface area contributed by atoms with Gasteiger partial charge in [0.25, 0.3) is 5.69 Å². The summed E-state index contributed by atoms with van der Waals surface area (Å²) in [6.45, 7) is 0.911. The Morgan fingerprint density at radius 3 is 2.82 bits per heavy atom. The van der Waals surface area contributed by atoms with Crippen LogP contribution in [0, 0.1) is 13.7 Å². The third-order valence-electron chi connectivity index (χ3n) is 2.25. The molecule has 4 nitrogen and oxygen atoms in total. The molecule has 0 amide bonds. The minimum atomic E-state index is -0.371. The van der Waals surface area contributed by atoms with Crippen LogP contribution < -0.4 is 5.32 Å². The van der Waals surface area contributed by atoms with Gasteiger partial charge in [0, 0.05) is 27.9 Å². The van der Waals surface area contributed by atoms with E-state index in [0.29, 0.717) is 0 Å². The second-order valence-corrected chi connectivity index (χ2v) is 5.70. The first-order valence-corrected chi connectivity index (χ1v) is 7.79. The molecule has 0 aromatic heterocycles. The zero-order valence-electron chi connectivity index (χ0n) is 9.61. The Balaban J connectivity index is 2.46. The largest absolute Gasteiger partial charge is 0.384 e. The second kappa shape index (κ2) is 7.75. The van der Waals surface area contributed by atoms with Gasteiger partial charge in [-0.15, -0.1) is 0 Å². The first kappa shape index (κ1) is 14.6. The number of nitrogens with zero attached hydrogens (tertiary/aromatic N) is 1. The lowest BCUT2D eigenvalue weighted by molar-refractivity contribution is -0.384. The maximum Gasteiger partial charge on any atom is 0.270 e. The molecule has 0 aliphatic rings. The van der Waals surface area contributed by atoms with Crippen molar-refractivity contribution in [2.24, 2.45) is 0 Å². The first-order valence-electron chi connectivity index (χ1n) is 5.32. The molecular formula is C11H15IN2O2S. The zero-order chi connectivity index (χ0) is 12.7. The van der Waals surface area contributed by atoms with Gasteiger partial charge in [-0.1, -0.05) is 0 Å². The average Bonchev–Trinajstić information content (AvgIpc) is 2.30. The molecule has 1 aromatic rings. The van der Waals surface area contributed by atoms with Gasteiger partial charge in [-0.2, -0.15) is 11.8 Å². The molecule has 0 spiro atoms. The van der Waals surface area contributed by atoms with Crippen molar-refractivity contribution >= 4 is 45.7 Å². The predicted octanol–water partition coefficient (Wildman–Crippen LogP) is 3.75. The number of anilines is 1. The van der Waals surface area contributed by atoms with Crippen LogP contribution in [-0.4, -0.2) is 23.5 Å². The summed E-state index contributed by atoms with van der Waals surface area (Å²) in [6, 6.07) is 4.89. The lowest BCUT2D eigenvalue weighted by Crippen LogP contribution is -2.03. The molecule has 0 saturated heterocycles. The van der Waals surface area contributed by atoms with E-state index in [1.54, 1.807) is 12.1 Å². The summed E-state index contributed by atoms with van der Waals surface area (Å²) >= 11 is 3.97. The zero-order valence-corrected chi connectivity index (χ0v) is 12.6. The highest BCUT2D eigenvalue weighted by Gasteiger charge is 2.08. The van der Waals surface area contributed by atoms with E-state index < -0.39 is 0 Å². The van der Waals surface area contributed by atoms with Crippen molar-refractivity contribution in [1.82, 2.24) is 0 Å². The van der Waals surface area contributed by atoms with Crippen molar-refractivity contribution in [3.8, 4) is 0 Å². The molecule has 0 aliphatic heterocycles. The smallest absolute Gasteiger partial charge is 0.270 e. The molecule has 17 heavy (non-hydrogen) atoms. The number of halogens is 1. The first-order chi connectivity index (χ1) is 8.15. The molecule has 0 radical (unpaired) electrons. The molecule has 6 heteroatoms. The van der Waals surface area contributed by atoms with Gasteiger partial charge in [-0.3, -0.25) is 10.1 Å². The Hall–Kier alpha value is -0.500. The van der Waals surface area contributed by atoms with Crippen LogP contribution in [0.1, 0.15) is 12.8 Å². The van der Waals surface area contributed by atoms with E-state index >= 15 is 0 Å². The third-order valence-corrected chi connectivity index (χ3v) is 3.84. The summed E-state index contributed by atoms with van der Waals surface area (Å²) in [5.74, 6) is 1.18. The van der Waals surface area contributed by atoms with Crippen LogP contribution in [0.25, 0.3) is 0 Å². The number of thioether (sulfide) groups is 1. The van der Waals surface area contributed by atoms with Gasteiger partial charge in [0.15, 0.2) is 0 Å². The van der Waals surface area contributed by atoms with Crippen LogP contribution in [0.2, 0.25) is 0 Å². The fourth-order valence-electron chi connectivity index (χ4n) is 1.36. The van der Waals surface area contributed by atoms with Crippen LogP contribution in [-0.2, 0) is 0 Å². The van der Waals surface area contributed by atoms with Crippen LogP contribution in [0.5, 0.6) is 0 Å². The normalized spacial score (nSPS) is 10.2. The topological polar surface area (TPSA) is 55.2 Å². The Labute approximate surface area is 119 Å². The molecule has 0 heterocycles. The number of rotatable bonds is 7. The molecule has 0 aliphatic carbocycles. The summed E-state index contributed by atoms with van der Waals surface area (Å²) in [5, 5.41) is 13.9. The monoisotopic (exact) mass is 366 g/mol. The molecule has 0 bridgehead atoms. The average molecular weight is 366 g/mol. The van der Waals surface area contributed by atoms with Gasteiger partial charge >= 0.3 is 0 Å². The lowest BCUT2D eigenvalue weighted by atomic mass is 10.2. The number of non-ortho nitro benzene ring substituents is 1. The quantitative estimate of drug-likeness (QED) is 0.346. The number of nitro groups is 1. The number of benzene rings is 1. The van der Waals surface area contributed by atoms with Gasteiger partial charge in [0.05, 0.1) is 4.92 Å². The highest BCUT2D eigenvalue weighted by Crippen LogP contribution is 2.23. The highest BCUT2D eigenvalue weighted by molar-refractivity contribution is 14.1. The van der Waals surface area contributed by atoms with E-state index in [9.17, 15) is 10.1 Å². The van der Waals surface area contributed by atoms with Gasteiger partial charge in [-0.25, -0.2) is 0 Å². The lowest BCUT2D eigenvalue weighted by Gasteiger charge is -2.07. The Bertz CT molecular complexity index is 388. The number of hydrogen-bond acceptors (Lipinski definition) is 4. The summed E-state index contributed by atoms with van der Waals surface area (Å²) in [5.41, 5.74) is 1.11. The van der Waals surface area contributed by atoms with Crippen LogP contribution in [0.15, 0.2) is 18.2 Å². The minimum absolute atomic E-state index is 0.141. The van der Waals surface area contributed by atoms with Crippen molar-refractivity contribution < 1.29 is 4.92 Å². The van der Waals surface area contributed by atoms with Gasteiger partial charge in [0.2, 0.25) is 0 Å². The van der Waals surface area contributed by atoms with E-state index in [2.05, 4.69) is 34.2 Å². The summed E-state index contributed by atoms with van der Waals surface area (Å²) in [6.07, 6.45) is 4.42. The molecule has 0 unspecified atom stereocenters. The number of hydrogen-bond donors (Lipinski definition) is 1. The van der Waals surface area contributed by atoms with Crippen molar-refractivity contribution in [3.63, 3.8) is 0 Å². The number of nitrogens with one attached hydrogen (secondary N) is 1. The molecule has 0 atom stereocenters. The minimum Gasteiger partial charge on any atom is -0.384 e. The number of unbranched alkanes of at least 4 members (excludes halogenated alkanes) is 1. The number of nitro benzene ring substituents is 1. The van der Waals surface area contributed by atoms with E-state index in [0.717, 1.165) is 22.2 Å². The van der Waals surface area contributed by atoms with Crippen LogP contribution in [0.4, 0.5) is 11.4 Å². The van der Waals surface area contributed by atoms with Gasteiger partial charge in [-0.05, 0) is 53.5 Å².